The Bertz CT molecular complexity index is 949. The Kier molecular flexibility index (Phi) is 5.67. The van der Waals surface area contributed by atoms with E-state index in [1.165, 1.54) is 16.8 Å². The summed E-state index contributed by atoms with van der Waals surface area (Å²) in [5.74, 6) is 1.21. The van der Waals surface area contributed by atoms with Gasteiger partial charge in [-0.3, -0.25) is 4.79 Å². The summed E-state index contributed by atoms with van der Waals surface area (Å²) in [6.07, 6.45) is 3.39. The first-order chi connectivity index (χ1) is 14.0. The zero-order valence-electron chi connectivity index (χ0n) is 16.8. The lowest BCUT2D eigenvalue weighted by molar-refractivity contribution is -0.126. The molecule has 0 saturated carbocycles. The van der Waals surface area contributed by atoms with Crippen LogP contribution in [0.15, 0.2) is 36.4 Å². The van der Waals surface area contributed by atoms with E-state index in [0.717, 1.165) is 18.7 Å². The second-order valence-corrected chi connectivity index (χ2v) is 7.80. The third kappa shape index (κ3) is 4.20. The molecule has 0 spiro atoms. The van der Waals surface area contributed by atoms with Crippen LogP contribution < -0.4 is 14.4 Å². The average Bonchev–Trinajstić information content (AvgIpc) is 2.74. The predicted octanol–water partition coefficient (Wildman–Crippen LogP) is 4.09. The highest BCUT2D eigenvalue weighted by molar-refractivity contribution is 6.32. The van der Waals surface area contributed by atoms with Gasteiger partial charge < -0.3 is 19.3 Å². The summed E-state index contributed by atoms with van der Waals surface area (Å²) in [6.45, 7) is 8.36. The van der Waals surface area contributed by atoms with Crippen molar-refractivity contribution in [1.29, 1.82) is 0 Å². The maximum Gasteiger partial charge on any atom is 0.246 e. The van der Waals surface area contributed by atoms with Gasteiger partial charge in [0.25, 0.3) is 0 Å². The number of fused-ring (bicyclic) bond motifs is 1. The van der Waals surface area contributed by atoms with Crippen molar-refractivity contribution in [2.75, 3.05) is 44.3 Å². The highest BCUT2D eigenvalue weighted by Gasteiger charge is 2.21. The Morgan fingerprint density at radius 1 is 1.07 bits per heavy atom. The molecule has 0 aromatic heterocycles. The van der Waals surface area contributed by atoms with Crippen LogP contribution in [0.5, 0.6) is 11.5 Å². The van der Waals surface area contributed by atoms with Gasteiger partial charge in [-0.15, -0.1) is 0 Å². The van der Waals surface area contributed by atoms with Crippen LogP contribution in [0, 0.1) is 13.8 Å². The summed E-state index contributed by atoms with van der Waals surface area (Å²) in [7, 11) is 0. The molecule has 0 unspecified atom stereocenters. The quantitative estimate of drug-likeness (QED) is 0.712. The van der Waals surface area contributed by atoms with Crippen LogP contribution in [0.3, 0.4) is 0 Å². The largest absolute Gasteiger partial charge is 0.486 e. The number of anilines is 1. The number of carbonyl (C=O) groups is 1. The number of ether oxygens (including phenoxy) is 2. The molecule has 0 bridgehead atoms. The summed E-state index contributed by atoms with van der Waals surface area (Å²) >= 11 is 6.27. The van der Waals surface area contributed by atoms with Crippen LogP contribution in [0.1, 0.15) is 16.7 Å². The number of rotatable bonds is 3. The van der Waals surface area contributed by atoms with Crippen molar-refractivity contribution in [2.24, 2.45) is 0 Å². The van der Waals surface area contributed by atoms with Gasteiger partial charge in [-0.25, -0.2) is 0 Å². The van der Waals surface area contributed by atoms with Gasteiger partial charge in [0.2, 0.25) is 5.91 Å². The molecule has 1 fully saturated rings. The van der Waals surface area contributed by atoms with Crippen molar-refractivity contribution < 1.29 is 14.3 Å². The Labute approximate surface area is 176 Å². The SMILES string of the molecule is Cc1cccc(N2CCN(C(=O)C=Cc3cc(Cl)c4c(c3)OCCO4)CC2)c1C. The van der Waals surface area contributed by atoms with Gasteiger partial charge in [0, 0.05) is 37.9 Å². The van der Waals surface area contributed by atoms with Crippen LogP contribution in [0.4, 0.5) is 5.69 Å². The van der Waals surface area contributed by atoms with Gasteiger partial charge in [0.15, 0.2) is 11.5 Å². The van der Waals surface area contributed by atoms with Crippen molar-refractivity contribution in [3.63, 3.8) is 0 Å². The molecule has 5 nitrogen and oxygen atoms in total. The minimum Gasteiger partial charge on any atom is -0.486 e. The van der Waals surface area contributed by atoms with Gasteiger partial charge in [-0.1, -0.05) is 23.7 Å². The summed E-state index contributed by atoms with van der Waals surface area (Å²) < 4.78 is 11.1. The molecule has 2 heterocycles. The van der Waals surface area contributed by atoms with Crippen molar-refractivity contribution in [3.8, 4) is 11.5 Å². The molecule has 152 valence electrons. The number of carbonyl (C=O) groups excluding carboxylic acids is 1. The Morgan fingerprint density at radius 3 is 2.62 bits per heavy atom. The molecule has 6 heteroatoms. The third-order valence-corrected chi connectivity index (χ3v) is 5.83. The van der Waals surface area contributed by atoms with Crippen LogP contribution in [0.2, 0.25) is 5.02 Å². The molecule has 29 heavy (non-hydrogen) atoms. The van der Waals surface area contributed by atoms with E-state index >= 15 is 0 Å². The standard InChI is InChI=1S/C23H25ClN2O3/c1-16-4-3-5-20(17(16)2)25-8-10-26(11-9-25)22(27)7-6-18-14-19(24)23-21(15-18)28-12-13-29-23/h3-7,14-15H,8-13H2,1-2H3. The van der Waals surface area contributed by atoms with E-state index in [-0.39, 0.29) is 5.91 Å². The summed E-state index contributed by atoms with van der Waals surface area (Å²) in [6, 6.07) is 10.0. The van der Waals surface area contributed by atoms with Gasteiger partial charge >= 0.3 is 0 Å². The minimum absolute atomic E-state index is 0.0108. The fourth-order valence-electron chi connectivity index (χ4n) is 3.75. The normalized spacial score (nSPS) is 16.4. The predicted molar refractivity (Wildman–Crippen MR) is 116 cm³/mol. The molecule has 0 N–H and O–H groups in total. The lowest BCUT2D eigenvalue weighted by atomic mass is 10.1. The van der Waals surface area contributed by atoms with Gasteiger partial charge in [-0.05, 0) is 54.8 Å². The first-order valence-corrected chi connectivity index (χ1v) is 10.3. The first kappa shape index (κ1) is 19.6. The van der Waals surface area contributed by atoms with Crippen molar-refractivity contribution >= 4 is 29.3 Å². The molecule has 2 aromatic carbocycles. The molecule has 2 aliphatic rings. The number of hydrogen-bond acceptors (Lipinski definition) is 4. The van der Waals surface area contributed by atoms with Gasteiger partial charge in [-0.2, -0.15) is 0 Å². The highest BCUT2D eigenvalue weighted by Crippen LogP contribution is 2.38. The molecule has 2 aliphatic heterocycles. The monoisotopic (exact) mass is 412 g/mol. The van der Waals surface area contributed by atoms with E-state index in [4.69, 9.17) is 21.1 Å². The van der Waals surface area contributed by atoms with Crippen LogP contribution in [0.25, 0.3) is 6.08 Å². The van der Waals surface area contributed by atoms with E-state index in [1.54, 1.807) is 18.2 Å². The number of nitrogens with zero attached hydrogens (tertiary/aromatic N) is 2. The summed E-state index contributed by atoms with van der Waals surface area (Å²) in [5, 5.41) is 0.497. The fourth-order valence-corrected chi connectivity index (χ4v) is 4.02. The molecule has 0 atom stereocenters. The smallest absolute Gasteiger partial charge is 0.246 e. The minimum atomic E-state index is 0.0108. The summed E-state index contributed by atoms with van der Waals surface area (Å²) in [4.78, 5) is 16.9. The van der Waals surface area contributed by atoms with E-state index in [9.17, 15) is 4.79 Å². The molecular formula is C23H25ClN2O3. The Hall–Kier alpha value is -2.66. The topological polar surface area (TPSA) is 42.0 Å². The third-order valence-electron chi connectivity index (χ3n) is 5.55. The van der Waals surface area contributed by atoms with Crippen molar-refractivity contribution in [1.82, 2.24) is 4.90 Å². The molecule has 0 radical (unpaired) electrons. The van der Waals surface area contributed by atoms with E-state index in [2.05, 4.69) is 36.9 Å². The second-order valence-electron chi connectivity index (χ2n) is 7.39. The molecule has 4 rings (SSSR count). The number of benzene rings is 2. The van der Waals surface area contributed by atoms with E-state index < -0.39 is 0 Å². The second kappa shape index (κ2) is 8.37. The maximum atomic E-state index is 12.6. The zero-order valence-corrected chi connectivity index (χ0v) is 17.5. The van der Waals surface area contributed by atoms with Gasteiger partial charge in [0.1, 0.15) is 13.2 Å². The zero-order chi connectivity index (χ0) is 20.4. The number of hydrogen-bond donors (Lipinski definition) is 0. The highest BCUT2D eigenvalue weighted by atomic mass is 35.5. The number of aryl methyl sites for hydroxylation is 1. The van der Waals surface area contributed by atoms with Crippen molar-refractivity contribution in [2.45, 2.75) is 13.8 Å². The number of amides is 1. The molecular weight excluding hydrogens is 388 g/mol. The fraction of sp³-hybridized carbons (Fsp3) is 0.348. The number of piperazine rings is 1. The molecule has 0 aliphatic carbocycles. The molecule has 1 amide bonds. The van der Waals surface area contributed by atoms with Crippen molar-refractivity contribution in [3.05, 3.63) is 58.1 Å². The Balaban J connectivity index is 1.39. The van der Waals surface area contributed by atoms with Gasteiger partial charge in [0.05, 0.1) is 5.02 Å². The van der Waals surface area contributed by atoms with E-state index in [0.29, 0.717) is 42.8 Å². The first-order valence-electron chi connectivity index (χ1n) is 9.90. The average molecular weight is 413 g/mol. The summed E-state index contributed by atoms with van der Waals surface area (Å²) in [5.41, 5.74) is 4.69. The van der Waals surface area contributed by atoms with Crippen LogP contribution in [-0.4, -0.2) is 50.2 Å². The lowest BCUT2D eigenvalue weighted by Gasteiger charge is -2.36. The number of halogens is 1. The Morgan fingerprint density at radius 2 is 1.83 bits per heavy atom. The van der Waals surface area contributed by atoms with Crippen LogP contribution in [-0.2, 0) is 4.79 Å². The molecule has 1 saturated heterocycles. The molecule has 2 aromatic rings. The lowest BCUT2D eigenvalue weighted by Crippen LogP contribution is -2.48. The van der Waals surface area contributed by atoms with Crippen LogP contribution >= 0.6 is 11.6 Å². The maximum absolute atomic E-state index is 12.6. The van der Waals surface area contributed by atoms with E-state index in [1.807, 2.05) is 11.0 Å².